The molecule has 0 spiro atoms. The van der Waals surface area contributed by atoms with Crippen molar-refractivity contribution in [1.82, 2.24) is 4.98 Å². The van der Waals surface area contributed by atoms with Gasteiger partial charge in [-0.2, -0.15) is 0 Å². The Morgan fingerprint density at radius 3 is 2.18 bits per heavy atom. The summed E-state index contributed by atoms with van der Waals surface area (Å²) in [6.45, 7) is 13.6. The van der Waals surface area contributed by atoms with Gasteiger partial charge in [0, 0.05) is 11.8 Å². The second kappa shape index (κ2) is 6.25. The fourth-order valence-electron chi connectivity index (χ4n) is 2.18. The molecule has 0 fully saturated rings. The van der Waals surface area contributed by atoms with E-state index in [1.807, 2.05) is 18.5 Å². The number of aromatic nitrogens is 1. The molecule has 2 aromatic rings. The lowest BCUT2D eigenvalue weighted by Crippen LogP contribution is -2.30. The van der Waals surface area contributed by atoms with Crippen molar-refractivity contribution in [1.29, 1.82) is 0 Å². The van der Waals surface area contributed by atoms with Gasteiger partial charge in [-0.25, -0.2) is 0 Å². The quantitative estimate of drug-likeness (QED) is 0.714. The molecule has 0 amide bonds. The first kappa shape index (κ1) is 16.8. The number of pyridine rings is 1. The summed E-state index contributed by atoms with van der Waals surface area (Å²) in [6.07, 6.45) is 4.47. The highest BCUT2D eigenvalue weighted by Gasteiger charge is 2.17. The molecule has 1 aromatic heterocycles. The van der Waals surface area contributed by atoms with Gasteiger partial charge < -0.3 is 4.74 Å². The molecule has 2 rings (SSSR count). The SMILES string of the molecule is CC(C)(C)c1ccc(-c2ccncc2OC[Si](C)(C)C)cc1. The maximum Gasteiger partial charge on any atom is 0.144 e. The van der Waals surface area contributed by atoms with E-state index >= 15 is 0 Å². The van der Waals surface area contributed by atoms with Gasteiger partial charge in [-0.3, -0.25) is 4.98 Å². The summed E-state index contributed by atoms with van der Waals surface area (Å²) in [5.74, 6) is 0.883. The van der Waals surface area contributed by atoms with Crippen molar-refractivity contribution in [2.45, 2.75) is 45.8 Å². The van der Waals surface area contributed by atoms with Crippen molar-refractivity contribution in [3.05, 3.63) is 48.3 Å². The van der Waals surface area contributed by atoms with Gasteiger partial charge in [-0.1, -0.05) is 64.7 Å². The molecule has 0 saturated carbocycles. The molecule has 1 aromatic carbocycles. The maximum absolute atomic E-state index is 6.05. The highest BCUT2D eigenvalue weighted by molar-refractivity contribution is 6.76. The predicted molar refractivity (Wildman–Crippen MR) is 97.2 cm³/mol. The predicted octanol–water partition coefficient (Wildman–Crippen LogP) is 5.30. The molecule has 0 unspecified atom stereocenters. The van der Waals surface area contributed by atoms with Crippen molar-refractivity contribution in [2.24, 2.45) is 0 Å². The second-order valence-corrected chi connectivity index (χ2v) is 13.5. The van der Waals surface area contributed by atoms with Crippen LogP contribution in [0.15, 0.2) is 42.7 Å². The summed E-state index contributed by atoms with van der Waals surface area (Å²) >= 11 is 0. The smallest absolute Gasteiger partial charge is 0.144 e. The summed E-state index contributed by atoms with van der Waals surface area (Å²) in [7, 11) is -1.25. The van der Waals surface area contributed by atoms with Crippen LogP contribution in [0.25, 0.3) is 11.1 Å². The molecule has 0 bridgehead atoms. The van der Waals surface area contributed by atoms with Crippen LogP contribution in [0, 0.1) is 0 Å². The molecule has 0 aliphatic carbocycles. The third-order valence-electron chi connectivity index (χ3n) is 3.51. The van der Waals surface area contributed by atoms with Crippen LogP contribution in [0.5, 0.6) is 5.75 Å². The van der Waals surface area contributed by atoms with Gasteiger partial charge in [0.15, 0.2) is 0 Å². The molecule has 3 heteroatoms. The molecule has 2 nitrogen and oxygen atoms in total. The number of nitrogens with zero attached hydrogens (tertiary/aromatic N) is 1. The average Bonchev–Trinajstić information content (AvgIpc) is 2.44. The highest BCUT2D eigenvalue weighted by Crippen LogP contribution is 2.31. The molecule has 0 saturated heterocycles. The zero-order valence-electron chi connectivity index (χ0n) is 14.6. The monoisotopic (exact) mass is 313 g/mol. The lowest BCUT2D eigenvalue weighted by molar-refractivity contribution is 0.378. The minimum atomic E-state index is -1.25. The van der Waals surface area contributed by atoms with Crippen molar-refractivity contribution < 1.29 is 4.74 Å². The summed E-state index contributed by atoms with van der Waals surface area (Å²) in [5, 5.41) is 0. The van der Waals surface area contributed by atoms with E-state index in [0.717, 1.165) is 17.5 Å². The fourth-order valence-corrected chi connectivity index (χ4v) is 2.77. The largest absolute Gasteiger partial charge is 0.495 e. The molecule has 1 heterocycles. The van der Waals surface area contributed by atoms with Crippen LogP contribution in [-0.4, -0.2) is 19.3 Å². The van der Waals surface area contributed by atoms with Crippen LogP contribution in [0.2, 0.25) is 19.6 Å². The van der Waals surface area contributed by atoms with E-state index in [0.29, 0.717) is 0 Å². The maximum atomic E-state index is 6.05. The molecule has 0 atom stereocenters. The van der Waals surface area contributed by atoms with Crippen LogP contribution in [-0.2, 0) is 5.41 Å². The Bertz CT molecular complexity index is 621. The van der Waals surface area contributed by atoms with Crippen LogP contribution in [0.4, 0.5) is 0 Å². The molecule has 22 heavy (non-hydrogen) atoms. The third kappa shape index (κ3) is 4.44. The number of hydrogen-bond donors (Lipinski definition) is 0. The molecule has 118 valence electrons. The van der Waals surface area contributed by atoms with Gasteiger partial charge in [-0.15, -0.1) is 0 Å². The minimum Gasteiger partial charge on any atom is -0.495 e. The minimum absolute atomic E-state index is 0.175. The first-order valence-electron chi connectivity index (χ1n) is 7.84. The molecule has 0 radical (unpaired) electrons. The summed E-state index contributed by atoms with van der Waals surface area (Å²) in [6, 6.07) is 10.8. The van der Waals surface area contributed by atoms with E-state index in [4.69, 9.17) is 4.74 Å². The van der Waals surface area contributed by atoms with Gasteiger partial charge >= 0.3 is 0 Å². The van der Waals surface area contributed by atoms with Crippen molar-refractivity contribution in [3.63, 3.8) is 0 Å². The van der Waals surface area contributed by atoms with Gasteiger partial charge in [0.05, 0.1) is 20.5 Å². The summed E-state index contributed by atoms with van der Waals surface area (Å²) < 4.78 is 6.05. The normalized spacial score (nSPS) is 12.3. The highest BCUT2D eigenvalue weighted by atomic mass is 28.3. The Labute approximate surface area is 135 Å². The van der Waals surface area contributed by atoms with E-state index in [-0.39, 0.29) is 5.41 Å². The molecular formula is C19H27NOSi. The zero-order valence-corrected chi connectivity index (χ0v) is 15.6. The summed E-state index contributed by atoms with van der Waals surface area (Å²) in [4.78, 5) is 4.22. The Hall–Kier alpha value is -1.61. The third-order valence-corrected chi connectivity index (χ3v) is 4.52. The number of hydrogen-bond acceptors (Lipinski definition) is 2. The van der Waals surface area contributed by atoms with E-state index in [1.54, 1.807) is 0 Å². The lowest BCUT2D eigenvalue weighted by Gasteiger charge is -2.20. The first-order valence-corrected chi connectivity index (χ1v) is 11.6. The Morgan fingerprint density at radius 2 is 1.64 bits per heavy atom. The van der Waals surface area contributed by atoms with Crippen LogP contribution in [0.1, 0.15) is 26.3 Å². The van der Waals surface area contributed by atoms with Crippen LogP contribution in [0.3, 0.4) is 0 Å². The Balaban J connectivity index is 2.29. The first-order chi connectivity index (χ1) is 10.2. The molecule has 0 N–H and O–H groups in total. The van der Waals surface area contributed by atoms with Crippen molar-refractivity contribution >= 4 is 8.07 Å². The standard InChI is InChI=1S/C19H27NOSi/c1-19(2,3)16-9-7-15(8-10-16)17-11-12-20-13-18(17)21-14-22(4,5)6/h7-13H,14H2,1-6H3. The average molecular weight is 314 g/mol. The van der Waals surface area contributed by atoms with Gasteiger partial charge in [0.2, 0.25) is 0 Å². The van der Waals surface area contributed by atoms with Crippen LogP contribution < -0.4 is 4.74 Å². The van der Waals surface area contributed by atoms with E-state index in [9.17, 15) is 0 Å². The van der Waals surface area contributed by atoms with Gasteiger partial charge in [0.25, 0.3) is 0 Å². The molecule has 0 aliphatic heterocycles. The number of benzene rings is 1. The van der Waals surface area contributed by atoms with Crippen molar-refractivity contribution in [2.75, 3.05) is 6.23 Å². The van der Waals surface area contributed by atoms with Crippen molar-refractivity contribution in [3.8, 4) is 16.9 Å². The Morgan fingerprint density at radius 1 is 1.00 bits per heavy atom. The Kier molecular flexibility index (Phi) is 4.76. The van der Waals surface area contributed by atoms with E-state index in [1.165, 1.54) is 11.1 Å². The lowest BCUT2D eigenvalue weighted by atomic mass is 9.86. The van der Waals surface area contributed by atoms with E-state index < -0.39 is 8.07 Å². The number of ether oxygens (including phenoxy) is 1. The van der Waals surface area contributed by atoms with Crippen LogP contribution >= 0.6 is 0 Å². The second-order valence-electron chi connectivity index (χ2n) is 8.05. The van der Waals surface area contributed by atoms with Gasteiger partial charge in [0.1, 0.15) is 5.75 Å². The number of rotatable bonds is 4. The van der Waals surface area contributed by atoms with Gasteiger partial charge in [-0.05, 0) is 22.6 Å². The molecule has 0 aliphatic rings. The zero-order chi connectivity index (χ0) is 16.4. The summed E-state index contributed by atoms with van der Waals surface area (Å²) in [5.41, 5.74) is 3.82. The van der Waals surface area contributed by atoms with E-state index in [2.05, 4.69) is 69.7 Å². The topological polar surface area (TPSA) is 22.1 Å². The molecular weight excluding hydrogens is 286 g/mol. The fraction of sp³-hybridized carbons (Fsp3) is 0.421.